The van der Waals surface area contributed by atoms with E-state index in [1.165, 1.54) is 11.4 Å². The van der Waals surface area contributed by atoms with Crippen LogP contribution in [-0.4, -0.2) is 51.9 Å². The Balaban J connectivity index is 1.54. The van der Waals surface area contributed by atoms with Gasteiger partial charge in [0.25, 0.3) is 5.91 Å². The van der Waals surface area contributed by atoms with E-state index >= 15 is 0 Å². The van der Waals surface area contributed by atoms with Gasteiger partial charge >= 0.3 is 0 Å². The number of amides is 1. The highest BCUT2D eigenvalue weighted by Crippen LogP contribution is 2.36. The molecule has 0 aromatic heterocycles. The van der Waals surface area contributed by atoms with Gasteiger partial charge in [0.15, 0.2) is 0 Å². The van der Waals surface area contributed by atoms with E-state index < -0.39 is 10.0 Å². The molecule has 3 aromatic rings. The Kier molecular flexibility index (Phi) is 7.35. The number of carbonyl (C=O) groups excluding carboxylic acids is 1. The van der Waals surface area contributed by atoms with Crippen molar-refractivity contribution in [3.8, 4) is 5.75 Å². The number of nitrogens with zero attached hydrogens (tertiary/aromatic N) is 2. The van der Waals surface area contributed by atoms with Gasteiger partial charge in [0.2, 0.25) is 10.0 Å². The molecule has 0 aliphatic carbocycles. The van der Waals surface area contributed by atoms with Crippen LogP contribution in [0, 0.1) is 13.8 Å². The molecule has 0 spiro atoms. The fraction of sp³-hybridized carbons (Fsp3) is 0.269. The zero-order valence-electron chi connectivity index (χ0n) is 19.9. The van der Waals surface area contributed by atoms with Gasteiger partial charge in [-0.3, -0.25) is 4.79 Å². The molecule has 1 fully saturated rings. The first-order valence-corrected chi connectivity index (χ1v) is 13.1. The molecular weight excluding hydrogens is 486 g/mol. The van der Waals surface area contributed by atoms with E-state index in [2.05, 4.69) is 5.32 Å². The number of sulfonamides is 1. The van der Waals surface area contributed by atoms with Gasteiger partial charge in [-0.15, -0.1) is 0 Å². The number of aryl methyl sites for hydroxylation is 2. The van der Waals surface area contributed by atoms with Crippen molar-refractivity contribution < 1.29 is 17.9 Å². The molecule has 184 valence electrons. The van der Waals surface area contributed by atoms with Crippen molar-refractivity contribution in [3.05, 3.63) is 82.4 Å². The van der Waals surface area contributed by atoms with Crippen LogP contribution in [-0.2, 0) is 10.0 Å². The fourth-order valence-electron chi connectivity index (χ4n) is 4.24. The maximum atomic E-state index is 13.1. The normalized spacial score (nSPS) is 14.6. The smallest absolute Gasteiger partial charge is 0.259 e. The highest BCUT2D eigenvalue weighted by Gasteiger charge is 2.30. The van der Waals surface area contributed by atoms with E-state index in [0.717, 1.165) is 11.1 Å². The number of methoxy groups -OCH3 is 1. The van der Waals surface area contributed by atoms with E-state index in [1.807, 2.05) is 24.8 Å². The zero-order chi connectivity index (χ0) is 25.2. The van der Waals surface area contributed by atoms with Gasteiger partial charge in [0.05, 0.1) is 34.0 Å². The number of hydrogen-bond donors (Lipinski definition) is 1. The third-order valence-corrected chi connectivity index (χ3v) is 8.33. The molecule has 4 rings (SSSR count). The van der Waals surface area contributed by atoms with Crippen LogP contribution in [0.1, 0.15) is 21.5 Å². The molecule has 7 nitrogen and oxygen atoms in total. The SMILES string of the molecule is COc1c(C)cccc1C(=O)Nc1cccc(Cl)c1N1CCN(S(=O)(=O)c2ccc(C)cc2)CC1. The molecule has 1 saturated heterocycles. The largest absolute Gasteiger partial charge is 0.496 e. The van der Waals surface area contributed by atoms with Crippen molar-refractivity contribution >= 4 is 38.9 Å². The third-order valence-electron chi connectivity index (χ3n) is 6.11. The highest BCUT2D eigenvalue weighted by molar-refractivity contribution is 7.89. The maximum Gasteiger partial charge on any atom is 0.259 e. The quantitative estimate of drug-likeness (QED) is 0.515. The van der Waals surface area contributed by atoms with Gasteiger partial charge in [-0.1, -0.05) is 47.5 Å². The fourth-order valence-corrected chi connectivity index (χ4v) is 5.96. The second kappa shape index (κ2) is 10.3. The van der Waals surface area contributed by atoms with Crippen molar-refractivity contribution in [1.29, 1.82) is 0 Å². The molecule has 1 aliphatic heterocycles. The van der Waals surface area contributed by atoms with E-state index in [4.69, 9.17) is 16.3 Å². The zero-order valence-corrected chi connectivity index (χ0v) is 21.5. The van der Waals surface area contributed by atoms with E-state index in [-0.39, 0.29) is 10.8 Å². The molecule has 35 heavy (non-hydrogen) atoms. The van der Waals surface area contributed by atoms with Gasteiger partial charge in [-0.25, -0.2) is 8.42 Å². The van der Waals surface area contributed by atoms with Crippen molar-refractivity contribution in [2.75, 3.05) is 43.5 Å². The first kappa shape index (κ1) is 25.0. The van der Waals surface area contributed by atoms with Crippen LogP contribution in [0.2, 0.25) is 5.02 Å². The van der Waals surface area contributed by atoms with Gasteiger partial charge in [0, 0.05) is 26.2 Å². The van der Waals surface area contributed by atoms with E-state index in [9.17, 15) is 13.2 Å². The Morgan fingerprint density at radius 1 is 0.943 bits per heavy atom. The molecule has 1 heterocycles. The predicted octanol–water partition coefficient (Wildman–Crippen LogP) is 4.73. The second-order valence-electron chi connectivity index (χ2n) is 8.45. The number of para-hydroxylation sites is 2. The number of benzene rings is 3. The lowest BCUT2D eigenvalue weighted by molar-refractivity contribution is 0.102. The molecule has 0 atom stereocenters. The van der Waals surface area contributed by atoms with Crippen LogP contribution < -0.4 is 15.0 Å². The summed E-state index contributed by atoms with van der Waals surface area (Å²) in [4.78, 5) is 15.4. The minimum Gasteiger partial charge on any atom is -0.496 e. The Hall–Kier alpha value is -3.07. The number of halogens is 1. The van der Waals surface area contributed by atoms with Crippen molar-refractivity contribution in [1.82, 2.24) is 4.31 Å². The lowest BCUT2D eigenvalue weighted by Gasteiger charge is -2.36. The maximum absolute atomic E-state index is 13.1. The minimum absolute atomic E-state index is 0.286. The number of nitrogens with one attached hydrogen (secondary N) is 1. The average Bonchev–Trinajstić information content (AvgIpc) is 2.84. The molecule has 3 aromatic carbocycles. The summed E-state index contributed by atoms with van der Waals surface area (Å²) in [5, 5.41) is 3.44. The molecule has 1 N–H and O–H groups in total. The monoisotopic (exact) mass is 513 g/mol. The number of anilines is 2. The Morgan fingerprint density at radius 2 is 1.60 bits per heavy atom. The van der Waals surface area contributed by atoms with Crippen LogP contribution in [0.4, 0.5) is 11.4 Å². The first-order chi connectivity index (χ1) is 16.7. The Bertz CT molecular complexity index is 1340. The lowest BCUT2D eigenvalue weighted by Crippen LogP contribution is -2.49. The van der Waals surface area contributed by atoms with E-state index in [1.54, 1.807) is 54.6 Å². The van der Waals surface area contributed by atoms with Gasteiger partial charge in [-0.05, 0) is 49.7 Å². The van der Waals surface area contributed by atoms with Crippen molar-refractivity contribution in [3.63, 3.8) is 0 Å². The average molecular weight is 514 g/mol. The standard InChI is InChI=1S/C26H28ClN3O4S/c1-18-10-12-20(13-11-18)35(32,33)30-16-14-29(15-17-30)24-22(27)8-5-9-23(24)28-26(31)21-7-4-6-19(2)25(21)34-3/h4-13H,14-17H2,1-3H3,(H,28,31). The summed E-state index contributed by atoms with van der Waals surface area (Å²) >= 11 is 6.56. The van der Waals surface area contributed by atoms with Crippen molar-refractivity contribution in [2.45, 2.75) is 18.7 Å². The number of rotatable bonds is 6. The Labute approximate surface area is 211 Å². The summed E-state index contributed by atoms with van der Waals surface area (Å²) in [5.74, 6) is 0.207. The third kappa shape index (κ3) is 5.15. The molecule has 0 saturated carbocycles. The van der Waals surface area contributed by atoms with Crippen molar-refractivity contribution in [2.24, 2.45) is 0 Å². The number of ether oxygens (including phenoxy) is 1. The predicted molar refractivity (Wildman–Crippen MR) is 139 cm³/mol. The van der Waals surface area contributed by atoms with Gasteiger partial charge < -0.3 is 15.0 Å². The van der Waals surface area contributed by atoms with Crippen LogP contribution in [0.15, 0.2) is 65.6 Å². The topological polar surface area (TPSA) is 79.0 Å². The summed E-state index contributed by atoms with van der Waals surface area (Å²) in [6.07, 6.45) is 0. The molecule has 0 bridgehead atoms. The summed E-state index contributed by atoms with van der Waals surface area (Å²) < 4.78 is 33.1. The molecule has 1 aliphatic rings. The summed E-state index contributed by atoms with van der Waals surface area (Å²) in [7, 11) is -2.05. The molecule has 0 unspecified atom stereocenters. The Morgan fingerprint density at radius 3 is 2.26 bits per heavy atom. The number of piperazine rings is 1. The van der Waals surface area contributed by atoms with Crippen LogP contribution in [0.5, 0.6) is 5.75 Å². The minimum atomic E-state index is -3.58. The first-order valence-electron chi connectivity index (χ1n) is 11.3. The molecular formula is C26H28ClN3O4S. The van der Waals surface area contributed by atoms with Crippen LogP contribution in [0.25, 0.3) is 0 Å². The summed E-state index contributed by atoms with van der Waals surface area (Å²) in [6.45, 7) is 5.28. The van der Waals surface area contributed by atoms with Crippen LogP contribution >= 0.6 is 11.6 Å². The summed E-state index contributed by atoms with van der Waals surface area (Å²) in [6, 6.07) is 17.6. The van der Waals surface area contributed by atoms with Crippen LogP contribution in [0.3, 0.4) is 0 Å². The van der Waals surface area contributed by atoms with Gasteiger partial charge in [-0.2, -0.15) is 4.31 Å². The summed E-state index contributed by atoms with van der Waals surface area (Å²) in [5.41, 5.74) is 3.51. The second-order valence-corrected chi connectivity index (χ2v) is 10.8. The highest BCUT2D eigenvalue weighted by atomic mass is 35.5. The van der Waals surface area contributed by atoms with E-state index in [0.29, 0.717) is 53.9 Å². The number of hydrogen-bond acceptors (Lipinski definition) is 5. The molecule has 9 heteroatoms. The number of carbonyl (C=O) groups is 1. The lowest BCUT2D eigenvalue weighted by atomic mass is 10.1. The van der Waals surface area contributed by atoms with Gasteiger partial charge in [0.1, 0.15) is 5.75 Å². The molecule has 1 amide bonds. The molecule has 0 radical (unpaired) electrons.